The van der Waals surface area contributed by atoms with Crippen LogP contribution >= 0.6 is 15.9 Å². The molecule has 0 saturated carbocycles. The average molecular weight is 336 g/mol. The van der Waals surface area contributed by atoms with E-state index in [1.807, 2.05) is 18.2 Å². The first kappa shape index (κ1) is 13.1. The molecule has 0 aliphatic carbocycles. The highest BCUT2D eigenvalue weighted by molar-refractivity contribution is 9.10. The Morgan fingerprint density at radius 2 is 2.25 bits per heavy atom. The van der Waals surface area contributed by atoms with Gasteiger partial charge in [0, 0.05) is 12.6 Å². The molecule has 3 rings (SSSR count). The lowest BCUT2D eigenvalue weighted by atomic mass is 10.1. The van der Waals surface area contributed by atoms with E-state index in [0.29, 0.717) is 18.3 Å². The number of halogens is 1. The highest BCUT2D eigenvalue weighted by Crippen LogP contribution is 2.28. The highest BCUT2D eigenvalue weighted by Gasteiger charge is 2.22. The fraction of sp³-hybridized carbons (Fsp3) is 0.231. The van der Waals surface area contributed by atoms with Crippen LogP contribution in [0.1, 0.15) is 5.56 Å². The molecule has 1 aromatic carbocycles. The average Bonchev–Trinajstić information content (AvgIpc) is 2.89. The van der Waals surface area contributed by atoms with Crippen LogP contribution in [0.25, 0.3) is 0 Å². The summed E-state index contributed by atoms with van der Waals surface area (Å²) in [6.07, 6.45) is 2.64. The molecule has 1 aliphatic heterocycles. The molecule has 0 spiro atoms. The molecular weight excluding hydrogens is 322 g/mol. The van der Waals surface area contributed by atoms with Crippen molar-refractivity contribution >= 4 is 27.7 Å². The van der Waals surface area contributed by atoms with Gasteiger partial charge in [-0.1, -0.05) is 18.2 Å². The fourth-order valence-corrected chi connectivity index (χ4v) is 2.47. The minimum absolute atomic E-state index is 0.101. The number of nitrogens with two attached hydrogens (primary N) is 1. The Bertz CT molecular complexity index is 596. The van der Waals surface area contributed by atoms with E-state index in [9.17, 15) is 0 Å². The van der Waals surface area contributed by atoms with Gasteiger partial charge < -0.3 is 10.1 Å². The molecule has 0 fully saturated rings. The van der Waals surface area contributed by atoms with E-state index in [1.54, 1.807) is 6.20 Å². The van der Waals surface area contributed by atoms with Crippen molar-refractivity contribution in [1.82, 2.24) is 9.97 Å². The lowest BCUT2D eigenvalue weighted by Crippen LogP contribution is -2.24. The zero-order valence-electron chi connectivity index (χ0n) is 10.6. The first-order valence-corrected chi connectivity index (χ1v) is 7.03. The van der Waals surface area contributed by atoms with E-state index < -0.39 is 0 Å². The molecule has 0 radical (unpaired) electrons. The predicted octanol–water partition coefficient (Wildman–Crippen LogP) is 1.94. The molecule has 2 heterocycles. The van der Waals surface area contributed by atoms with Crippen molar-refractivity contribution in [2.45, 2.75) is 12.5 Å². The van der Waals surface area contributed by atoms with Crippen LogP contribution in [0.3, 0.4) is 0 Å². The van der Waals surface area contributed by atoms with Crippen molar-refractivity contribution in [2.75, 3.05) is 17.3 Å². The highest BCUT2D eigenvalue weighted by atomic mass is 79.9. The number of fused-ring (bicyclic) bond motifs is 1. The van der Waals surface area contributed by atoms with Crippen LogP contribution in [-0.4, -0.2) is 22.6 Å². The molecule has 1 unspecified atom stereocenters. The van der Waals surface area contributed by atoms with E-state index in [2.05, 4.69) is 42.7 Å². The van der Waals surface area contributed by atoms with Crippen LogP contribution in [-0.2, 0) is 6.42 Å². The molecular formula is C13H14BrN5O. The van der Waals surface area contributed by atoms with E-state index in [1.165, 1.54) is 5.56 Å². The zero-order chi connectivity index (χ0) is 13.9. The third-order valence-corrected chi connectivity index (χ3v) is 3.66. The monoisotopic (exact) mass is 335 g/mol. The Labute approximate surface area is 124 Å². The van der Waals surface area contributed by atoms with Gasteiger partial charge in [0.2, 0.25) is 5.95 Å². The predicted molar refractivity (Wildman–Crippen MR) is 80.6 cm³/mol. The van der Waals surface area contributed by atoms with Crippen LogP contribution in [0.2, 0.25) is 0 Å². The molecule has 1 aromatic heterocycles. The van der Waals surface area contributed by atoms with Gasteiger partial charge in [-0.25, -0.2) is 10.8 Å². The standard InChI is InChI=1S/C13H14BrN5O/c14-10-7-17-13(19-15)18-12(10)16-6-9-5-8-3-1-2-4-11(8)20-9/h1-4,7,9H,5-6,15H2,(H2,16,17,18,19). The number of nitrogens with one attached hydrogen (secondary N) is 2. The van der Waals surface area contributed by atoms with Crippen molar-refractivity contribution in [3.8, 4) is 5.75 Å². The molecule has 0 bridgehead atoms. The van der Waals surface area contributed by atoms with Crippen molar-refractivity contribution in [3.05, 3.63) is 40.5 Å². The Morgan fingerprint density at radius 1 is 1.40 bits per heavy atom. The number of nitrogens with zero attached hydrogens (tertiary/aromatic N) is 2. The maximum Gasteiger partial charge on any atom is 0.239 e. The summed E-state index contributed by atoms with van der Waals surface area (Å²) in [5.74, 6) is 7.32. The van der Waals surface area contributed by atoms with Crippen LogP contribution in [0.15, 0.2) is 34.9 Å². The molecule has 7 heteroatoms. The zero-order valence-corrected chi connectivity index (χ0v) is 12.2. The molecule has 0 saturated heterocycles. The molecule has 0 amide bonds. The molecule has 104 valence electrons. The topological polar surface area (TPSA) is 85.1 Å². The smallest absolute Gasteiger partial charge is 0.239 e. The van der Waals surface area contributed by atoms with Crippen LogP contribution in [0.5, 0.6) is 5.75 Å². The summed E-state index contributed by atoms with van der Waals surface area (Å²) < 4.78 is 6.65. The van der Waals surface area contributed by atoms with Gasteiger partial charge >= 0.3 is 0 Å². The maximum absolute atomic E-state index is 5.86. The molecule has 20 heavy (non-hydrogen) atoms. The number of benzene rings is 1. The third kappa shape index (κ3) is 2.68. The number of rotatable bonds is 4. The number of ether oxygens (including phenoxy) is 1. The summed E-state index contributed by atoms with van der Waals surface area (Å²) >= 11 is 3.40. The van der Waals surface area contributed by atoms with E-state index in [4.69, 9.17) is 10.6 Å². The minimum atomic E-state index is 0.101. The van der Waals surface area contributed by atoms with Gasteiger partial charge in [0.1, 0.15) is 17.7 Å². The molecule has 6 nitrogen and oxygen atoms in total. The number of aromatic nitrogens is 2. The normalized spacial score (nSPS) is 16.4. The number of para-hydroxylation sites is 1. The summed E-state index contributed by atoms with van der Waals surface area (Å²) in [6.45, 7) is 0.661. The lowest BCUT2D eigenvalue weighted by Gasteiger charge is -2.13. The van der Waals surface area contributed by atoms with E-state index in [0.717, 1.165) is 16.6 Å². The third-order valence-electron chi connectivity index (χ3n) is 3.08. The SMILES string of the molecule is NNc1ncc(Br)c(NCC2Cc3ccccc3O2)n1. The second kappa shape index (κ2) is 5.64. The van der Waals surface area contributed by atoms with Crippen molar-refractivity contribution < 1.29 is 4.74 Å². The fourth-order valence-electron chi connectivity index (χ4n) is 2.14. The van der Waals surface area contributed by atoms with Gasteiger partial charge in [-0.15, -0.1) is 0 Å². The maximum atomic E-state index is 5.86. The second-order valence-electron chi connectivity index (χ2n) is 4.47. The van der Waals surface area contributed by atoms with E-state index >= 15 is 0 Å². The Kier molecular flexibility index (Phi) is 3.70. The van der Waals surface area contributed by atoms with Crippen LogP contribution < -0.4 is 21.3 Å². The summed E-state index contributed by atoms with van der Waals surface area (Å²) in [6, 6.07) is 8.09. The number of hydrogen-bond acceptors (Lipinski definition) is 6. The summed E-state index contributed by atoms with van der Waals surface area (Å²) in [5, 5.41) is 3.25. The second-order valence-corrected chi connectivity index (χ2v) is 5.32. The van der Waals surface area contributed by atoms with Crippen molar-refractivity contribution in [2.24, 2.45) is 5.84 Å². The van der Waals surface area contributed by atoms with Gasteiger partial charge in [-0.3, -0.25) is 5.43 Å². The van der Waals surface area contributed by atoms with E-state index in [-0.39, 0.29) is 6.10 Å². The number of nitrogen functional groups attached to an aromatic ring is 1. The first-order valence-electron chi connectivity index (χ1n) is 6.24. The van der Waals surface area contributed by atoms with Gasteiger partial charge in [0.15, 0.2) is 0 Å². The van der Waals surface area contributed by atoms with Crippen molar-refractivity contribution in [1.29, 1.82) is 0 Å². The number of hydrogen-bond donors (Lipinski definition) is 3. The molecule has 1 atom stereocenters. The van der Waals surface area contributed by atoms with Gasteiger partial charge in [-0.05, 0) is 27.6 Å². The number of hydrazine groups is 1. The van der Waals surface area contributed by atoms with Gasteiger partial charge in [-0.2, -0.15) is 4.98 Å². The minimum Gasteiger partial charge on any atom is -0.488 e. The first-order chi connectivity index (χ1) is 9.76. The van der Waals surface area contributed by atoms with Gasteiger partial charge in [0.05, 0.1) is 11.0 Å². The quantitative estimate of drug-likeness (QED) is 0.584. The van der Waals surface area contributed by atoms with Crippen LogP contribution in [0, 0.1) is 0 Å². The summed E-state index contributed by atoms with van der Waals surface area (Å²) in [5.41, 5.74) is 3.66. The van der Waals surface area contributed by atoms with Crippen molar-refractivity contribution in [3.63, 3.8) is 0 Å². The summed E-state index contributed by atoms with van der Waals surface area (Å²) in [7, 11) is 0. The molecule has 2 aromatic rings. The molecule has 1 aliphatic rings. The Morgan fingerprint density at radius 3 is 3.05 bits per heavy atom. The summed E-state index contributed by atoms with van der Waals surface area (Å²) in [4.78, 5) is 8.24. The Balaban J connectivity index is 1.64. The molecule has 4 N–H and O–H groups in total. The van der Waals surface area contributed by atoms with Gasteiger partial charge in [0.25, 0.3) is 0 Å². The Hall–Kier alpha value is -1.86. The largest absolute Gasteiger partial charge is 0.488 e. The number of anilines is 2. The van der Waals surface area contributed by atoms with Crippen LogP contribution in [0.4, 0.5) is 11.8 Å². The lowest BCUT2D eigenvalue weighted by molar-refractivity contribution is 0.246.